The highest BCUT2D eigenvalue weighted by Gasteiger charge is 2.18. The molecule has 5 heteroatoms. The number of rotatable bonds is 5. The van der Waals surface area contributed by atoms with Gasteiger partial charge in [-0.25, -0.2) is 4.98 Å². The molecule has 4 rings (SSSR count). The van der Waals surface area contributed by atoms with E-state index >= 15 is 0 Å². The molecule has 28 heavy (non-hydrogen) atoms. The molecule has 0 fully saturated rings. The standard InChI is InChI=1S/C23H18N2O3/c24-23(27)21-22(26)18-12-11-17(28-16-9-5-2-6-10-16)14-19(18)20(25-21)13-15-7-3-1-4-8-15/h1-12,14,26H,13H2,(H2,24,27). The summed E-state index contributed by atoms with van der Waals surface area (Å²) in [5, 5.41) is 11.7. The quantitative estimate of drug-likeness (QED) is 0.544. The van der Waals surface area contributed by atoms with Gasteiger partial charge in [0.05, 0.1) is 5.69 Å². The molecule has 3 N–H and O–H groups in total. The predicted molar refractivity (Wildman–Crippen MR) is 108 cm³/mol. The van der Waals surface area contributed by atoms with Gasteiger partial charge in [-0.3, -0.25) is 4.79 Å². The maximum absolute atomic E-state index is 11.8. The highest BCUT2D eigenvalue weighted by molar-refractivity contribution is 6.02. The number of hydrogen-bond donors (Lipinski definition) is 2. The Morgan fingerprint density at radius 2 is 1.57 bits per heavy atom. The largest absolute Gasteiger partial charge is 0.505 e. The van der Waals surface area contributed by atoms with Crippen LogP contribution in [0, 0.1) is 0 Å². The molecule has 0 saturated heterocycles. The first-order valence-corrected chi connectivity index (χ1v) is 8.84. The predicted octanol–water partition coefficient (Wildman–Crippen LogP) is 4.42. The van der Waals surface area contributed by atoms with Gasteiger partial charge < -0.3 is 15.6 Å². The van der Waals surface area contributed by atoms with E-state index < -0.39 is 5.91 Å². The Kier molecular flexibility index (Phi) is 4.64. The van der Waals surface area contributed by atoms with Crippen LogP contribution >= 0.6 is 0 Å². The van der Waals surface area contributed by atoms with Crippen molar-refractivity contribution in [2.75, 3.05) is 0 Å². The second kappa shape index (κ2) is 7.40. The Labute approximate surface area is 162 Å². The molecule has 0 radical (unpaired) electrons. The zero-order valence-electron chi connectivity index (χ0n) is 15.0. The van der Waals surface area contributed by atoms with Crippen LogP contribution in [0.15, 0.2) is 78.9 Å². The van der Waals surface area contributed by atoms with E-state index in [0.29, 0.717) is 34.4 Å². The lowest BCUT2D eigenvalue weighted by Crippen LogP contribution is -2.15. The molecule has 1 aromatic heterocycles. The van der Waals surface area contributed by atoms with Crippen molar-refractivity contribution in [2.24, 2.45) is 5.73 Å². The SMILES string of the molecule is NC(=O)c1nc(Cc2ccccc2)c2cc(Oc3ccccc3)ccc2c1O. The summed E-state index contributed by atoms with van der Waals surface area (Å²) in [5.41, 5.74) is 6.96. The summed E-state index contributed by atoms with van der Waals surface area (Å²) < 4.78 is 5.91. The zero-order chi connectivity index (χ0) is 19.5. The lowest BCUT2D eigenvalue weighted by Gasteiger charge is -2.13. The van der Waals surface area contributed by atoms with Crippen LogP contribution in [0.5, 0.6) is 17.2 Å². The van der Waals surface area contributed by atoms with E-state index in [1.54, 1.807) is 12.1 Å². The van der Waals surface area contributed by atoms with E-state index in [-0.39, 0.29) is 11.4 Å². The van der Waals surface area contributed by atoms with E-state index in [1.165, 1.54) is 0 Å². The molecule has 0 spiro atoms. The number of nitrogens with two attached hydrogens (primary N) is 1. The van der Waals surface area contributed by atoms with Crippen molar-refractivity contribution in [3.63, 3.8) is 0 Å². The fourth-order valence-electron chi connectivity index (χ4n) is 3.13. The third-order valence-corrected chi connectivity index (χ3v) is 4.45. The van der Waals surface area contributed by atoms with E-state index in [2.05, 4.69) is 4.98 Å². The monoisotopic (exact) mass is 370 g/mol. The average molecular weight is 370 g/mol. The first-order chi connectivity index (χ1) is 13.6. The first kappa shape index (κ1) is 17.5. The van der Waals surface area contributed by atoms with Crippen LogP contribution in [0.2, 0.25) is 0 Å². The smallest absolute Gasteiger partial charge is 0.271 e. The molecular weight excluding hydrogens is 352 g/mol. The lowest BCUT2D eigenvalue weighted by atomic mass is 10.0. The van der Waals surface area contributed by atoms with E-state index in [4.69, 9.17) is 10.5 Å². The zero-order valence-corrected chi connectivity index (χ0v) is 15.0. The molecular formula is C23H18N2O3. The Bertz CT molecular complexity index is 1140. The van der Waals surface area contributed by atoms with E-state index in [0.717, 1.165) is 5.56 Å². The number of aromatic nitrogens is 1. The van der Waals surface area contributed by atoms with Crippen LogP contribution in [0.3, 0.4) is 0 Å². The molecule has 5 nitrogen and oxygen atoms in total. The minimum absolute atomic E-state index is 0.129. The number of pyridine rings is 1. The van der Waals surface area contributed by atoms with Gasteiger partial charge in [0.15, 0.2) is 11.4 Å². The minimum atomic E-state index is -0.765. The van der Waals surface area contributed by atoms with Crippen molar-refractivity contribution in [1.82, 2.24) is 4.98 Å². The van der Waals surface area contributed by atoms with Gasteiger partial charge in [0.1, 0.15) is 11.5 Å². The molecule has 3 aromatic carbocycles. The van der Waals surface area contributed by atoms with Crippen molar-refractivity contribution >= 4 is 16.7 Å². The van der Waals surface area contributed by atoms with Crippen molar-refractivity contribution < 1.29 is 14.6 Å². The fourth-order valence-corrected chi connectivity index (χ4v) is 3.13. The number of primary amides is 1. The van der Waals surface area contributed by atoms with Gasteiger partial charge in [0.2, 0.25) is 0 Å². The van der Waals surface area contributed by atoms with Crippen molar-refractivity contribution in [3.05, 3.63) is 95.8 Å². The summed E-state index contributed by atoms with van der Waals surface area (Å²) in [5.74, 6) is 0.335. The van der Waals surface area contributed by atoms with Gasteiger partial charge >= 0.3 is 0 Å². The number of hydrogen-bond acceptors (Lipinski definition) is 4. The first-order valence-electron chi connectivity index (χ1n) is 8.84. The van der Waals surface area contributed by atoms with Gasteiger partial charge in [0.25, 0.3) is 5.91 Å². The molecule has 0 bridgehead atoms. The Morgan fingerprint density at radius 3 is 2.25 bits per heavy atom. The van der Waals surface area contributed by atoms with Crippen LogP contribution in [-0.4, -0.2) is 16.0 Å². The molecule has 1 heterocycles. The maximum Gasteiger partial charge on any atom is 0.271 e. The van der Waals surface area contributed by atoms with Gasteiger partial charge in [-0.15, -0.1) is 0 Å². The van der Waals surface area contributed by atoms with Crippen molar-refractivity contribution in [3.8, 4) is 17.2 Å². The second-order valence-electron chi connectivity index (χ2n) is 6.40. The number of ether oxygens (including phenoxy) is 1. The molecule has 0 aliphatic carbocycles. The Balaban J connectivity index is 1.84. The van der Waals surface area contributed by atoms with E-state index in [9.17, 15) is 9.90 Å². The summed E-state index contributed by atoms with van der Waals surface area (Å²) >= 11 is 0. The third kappa shape index (κ3) is 3.50. The number of nitrogens with zero attached hydrogens (tertiary/aromatic N) is 1. The summed E-state index contributed by atoms with van der Waals surface area (Å²) in [4.78, 5) is 16.1. The lowest BCUT2D eigenvalue weighted by molar-refractivity contribution is 0.0993. The van der Waals surface area contributed by atoms with Gasteiger partial charge in [-0.05, 0) is 35.9 Å². The van der Waals surface area contributed by atoms with Crippen molar-refractivity contribution in [1.29, 1.82) is 0 Å². The number of aromatic hydroxyl groups is 1. The number of carbonyl (C=O) groups excluding carboxylic acids is 1. The van der Waals surface area contributed by atoms with Crippen LogP contribution in [-0.2, 0) is 6.42 Å². The molecule has 4 aromatic rings. The molecule has 138 valence electrons. The summed E-state index contributed by atoms with van der Waals surface area (Å²) in [6.45, 7) is 0. The normalized spacial score (nSPS) is 10.7. The molecule has 0 aliphatic heterocycles. The number of carbonyl (C=O) groups is 1. The molecule has 0 unspecified atom stereocenters. The summed E-state index contributed by atoms with van der Waals surface area (Å²) in [7, 11) is 0. The highest BCUT2D eigenvalue weighted by atomic mass is 16.5. The van der Waals surface area contributed by atoms with Crippen molar-refractivity contribution in [2.45, 2.75) is 6.42 Å². The topological polar surface area (TPSA) is 85.4 Å². The Hall–Kier alpha value is -3.86. The highest BCUT2D eigenvalue weighted by Crippen LogP contribution is 2.34. The molecule has 0 aliphatic rings. The number of fused-ring (bicyclic) bond motifs is 1. The second-order valence-corrected chi connectivity index (χ2v) is 6.40. The number of para-hydroxylation sites is 1. The van der Waals surface area contributed by atoms with Crippen LogP contribution < -0.4 is 10.5 Å². The van der Waals surface area contributed by atoms with Crippen LogP contribution in [0.25, 0.3) is 10.8 Å². The number of amides is 1. The molecule has 0 atom stereocenters. The van der Waals surface area contributed by atoms with Gasteiger partial charge in [-0.2, -0.15) is 0 Å². The summed E-state index contributed by atoms with van der Waals surface area (Å²) in [6.07, 6.45) is 0.493. The van der Waals surface area contributed by atoms with Crippen LogP contribution in [0.1, 0.15) is 21.7 Å². The Morgan fingerprint density at radius 1 is 0.893 bits per heavy atom. The van der Waals surface area contributed by atoms with E-state index in [1.807, 2.05) is 66.7 Å². The van der Waals surface area contributed by atoms with Gasteiger partial charge in [0, 0.05) is 17.2 Å². The molecule has 0 saturated carbocycles. The average Bonchev–Trinajstić information content (AvgIpc) is 2.71. The van der Waals surface area contributed by atoms with Crippen LogP contribution in [0.4, 0.5) is 0 Å². The summed E-state index contributed by atoms with van der Waals surface area (Å²) in [6, 6.07) is 24.5. The maximum atomic E-state index is 11.8. The third-order valence-electron chi connectivity index (χ3n) is 4.45. The number of benzene rings is 3. The fraction of sp³-hybridized carbons (Fsp3) is 0.0435. The minimum Gasteiger partial charge on any atom is -0.505 e. The van der Waals surface area contributed by atoms with Gasteiger partial charge in [-0.1, -0.05) is 48.5 Å². The molecule has 1 amide bonds.